The van der Waals surface area contributed by atoms with Gasteiger partial charge in [0.25, 0.3) is 0 Å². The van der Waals surface area contributed by atoms with E-state index in [1.54, 1.807) is 6.20 Å². The average Bonchev–Trinajstić information content (AvgIpc) is 2.41. The Balaban J connectivity index is 2.29. The fourth-order valence-corrected chi connectivity index (χ4v) is 1.73. The lowest BCUT2D eigenvalue weighted by molar-refractivity contribution is 1.01. The van der Waals surface area contributed by atoms with Crippen molar-refractivity contribution in [2.24, 2.45) is 5.11 Å². The molecule has 0 unspecified atom stereocenters. The van der Waals surface area contributed by atoms with Gasteiger partial charge in [0.1, 0.15) is 0 Å². The topological polar surface area (TPSA) is 61.7 Å². The van der Waals surface area contributed by atoms with Crippen molar-refractivity contribution in [1.82, 2.24) is 4.98 Å². The van der Waals surface area contributed by atoms with Crippen LogP contribution in [0.25, 0.3) is 21.3 Å². The van der Waals surface area contributed by atoms with Gasteiger partial charge in [0.2, 0.25) is 0 Å². The molecule has 4 heteroatoms. The fraction of sp³-hybridized carbons (Fsp3) is 0.214. The van der Waals surface area contributed by atoms with Crippen LogP contribution in [0.2, 0.25) is 0 Å². The predicted molar refractivity (Wildman–Crippen MR) is 72.0 cm³/mol. The third-order valence-corrected chi connectivity index (χ3v) is 2.65. The Bertz CT molecular complexity index is 673. The molecular formula is C14H12N4. The minimum Gasteiger partial charge on any atom is -0.256 e. The van der Waals surface area contributed by atoms with E-state index in [0.717, 1.165) is 22.0 Å². The highest BCUT2D eigenvalue weighted by Gasteiger charge is 2.01. The number of hydrogen-bond acceptors (Lipinski definition) is 2. The first kappa shape index (κ1) is 12.0. The average molecular weight is 236 g/mol. The number of nitrogens with zero attached hydrogens (tertiary/aromatic N) is 4. The lowest BCUT2D eigenvalue weighted by Gasteiger charge is -2.02. The van der Waals surface area contributed by atoms with E-state index in [9.17, 15) is 0 Å². The van der Waals surface area contributed by atoms with E-state index in [1.165, 1.54) is 0 Å². The van der Waals surface area contributed by atoms with E-state index in [2.05, 4.69) is 26.9 Å². The molecule has 88 valence electrons. The number of pyridine rings is 1. The molecule has 0 N–H and O–H groups in total. The van der Waals surface area contributed by atoms with Gasteiger partial charge in [-0.05, 0) is 30.2 Å². The van der Waals surface area contributed by atoms with Crippen molar-refractivity contribution in [3.8, 4) is 11.8 Å². The molecule has 0 atom stereocenters. The molecule has 2 aromatic rings. The molecule has 0 fully saturated rings. The molecule has 0 aliphatic rings. The number of rotatable bonds is 2. The van der Waals surface area contributed by atoms with Crippen LogP contribution in [0.15, 0.2) is 35.6 Å². The fourth-order valence-electron chi connectivity index (χ4n) is 1.73. The zero-order valence-corrected chi connectivity index (χ0v) is 10.1. The van der Waals surface area contributed by atoms with Gasteiger partial charge in [0.05, 0.1) is 5.52 Å². The number of aryl methyl sites for hydroxylation is 1. The summed E-state index contributed by atoms with van der Waals surface area (Å²) in [5.74, 6) is 6.09. The summed E-state index contributed by atoms with van der Waals surface area (Å²) in [6, 6.07) is 7.98. The highest BCUT2D eigenvalue weighted by atomic mass is 15.1. The normalized spacial score (nSPS) is 9.39. The van der Waals surface area contributed by atoms with E-state index in [-0.39, 0.29) is 0 Å². The second-order valence-corrected chi connectivity index (χ2v) is 3.82. The molecule has 18 heavy (non-hydrogen) atoms. The summed E-state index contributed by atoms with van der Waals surface area (Å²) in [7, 11) is 0. The molecule has 1 heterocycles. The number of azide groups is 1. The van der Waals surface area contributed by atoms with E-state index in [4.69, 9.17) is 5.53 Å². The standard InChI is InChI=1S/C14H12N4/c1-11-12(5-2-3-10-17-18-15)7-8-13-6-4-9-16-14(11)13/h4,6-9H,3,10H2,1H3. The predicted octanol–water partition coefficient (Wildman–Crippen LogP) is 3.60. The second kappa shape index (κ2) is 5.72. The monoisotopic (exact) mass is 236 g/mol. The second-order valence-electron chi connectivity index (χ2n) is 3.82. The first-order chi connectivity index (χ1) is 8.83. The summed E-state index contributed by atoms with van der Waals surface area (Å²) in [6.45, 7) is 2.43. The molecule has 0 radical (unpaired) electrons. The zero-order chi connectivity index (χ0) is 12.8. The first-order valence-electron chi connectivity index (χ1n) is 5.67. The van der Waals surface area contributed by atoms with Crippen LogP contribution in [0.3, 0.4) is 0 Å². The van der Waals surface area contributed by atoms with Crippen LogP contribution in [0.4, 0.5) is 0 Å². The number of benzene rings is 1. The number of fused-ring (bicyclic) bond motifs is 1. The Hall–Kier alpha value is -2.50. The maximum absolute atomic E-state index is 8.15. The van der Waals surface area contributed by atoms with Gasteiger partial charge >= 0.3 is 0 Å². The first-order valence-corrected chi connectivity index (χ1v) is 5.67. The third kappa shape index (κ3) is 2.60. The summed E-state index contributed by atoms with van der Waals surface area (Å²) >= 11 is 0. The van der Waals surface area contributed by atoms with Crippen molar-refractivity contribution in [3.63, 3.8) is 0 Å². The van der Waals surface area contributed by atoms with E-state index in [1.807, 2.05) is 31.2 Å². The van der Waals surface area contributed by atoms with Crippen molar-refractivity contribution < 1.29 is 0 Å². The molecular weight excluding hydrogens is 224 g/mol. The van der Waals surface area contributed by atoms with Crippen molar-refractivity contribution in [2.75, 3.05) is 6.54 Å². The van der Waals surface area contributed by atoms with Crippen molar-refractivity contribution in [2.45, 2.75) is 13.3 Å². The minimum absolute atomic E-state index is 0.411. The molecule has 0 aliphatic heterocycles. The summed E-state index contributed by atoms with van der Waals surface area (Å²) in [5.41, 5.74) is 11.2. The maximum atomic E-state index is 8.15. The number of hydrogen-bond donors (Lipinski definition) is 0. The van der Waals surface area contributed by atoms with Gasteiger partial charge in [-0.15, -0.1) is 0 Å². The molecule has 0 bridgehead atoms. The minimum atomic E-state index is 0.411. The van der Waals surface area contributed by atoms with Gasteiger partial charge in [-0.1, -0.05) is 29.1 Å². The summed E-state index contributed by atoms with van der Waals surface area (Å²) < 4.78 is 0. The Morgan fingerprint density at radius 3 is 3.11 bits per heavy atom. The SMILES string of the molecule is Cc1c(C#CCCN=[N+]=[N-])ccc2cccnc12. The summed E-state index contributed by atoms with van der Waals surface area (Å²) in [6.07, 6.45) is 2.36. The molecule has 1 aromatic heterocycles. The molecule has 0 aliphatic carbocycles. The van der Waals surface area contributed by atoms with Crippen LogP contribution in [0.1, 0.15) is 17.5 Å². The van der Waals surface area contributed by atoms with Gasteiger partial charge < -0.3 is 0 Å². The smallest absolute Gasteiger partial charge is 0.0743 e. The van der Waals surface area contributed by atoms with Crippen molar-refractivity contribution in [3.05, 3.63) is 52.0 Å². The maximum Gasteiger partial charge on any atom is 0.0743 e. The Kier molecular flexibility index (Phi) is 3.80. The Labute approximate surface area is 105 Å². The molecule has 0 spiro atoms. The van der Waals surface area contributed by atoms with Gasteiger partial charge in [0, 0.05) is 35.0 Å². The van der Waals surface area contributed by atoms with Crippen LogP contribution in [0, 0.1) is 18.8 Å². The summed E-state index contributed by atoms with van der Waals surface area (Å²) in [4.78, 5) is 7.05. The van der Waals surface area contributed by atoms with Gasteiger partial charge in [-0.3, -0.25) is 4.98 Å². The summed E-state index contributed by atoms with van der Waals surface area (Å²) in [5, 5.41) is 4.56. The third-order valence-electron chi connectivity index (χ3n) is 2.65. The molecule has 2 rings (SSSR count). The highest BCUT2D eigenvalue weighted by Crippen LogP contribution is 2.18. The lowest BCUT2D eigenvalue weighted by atomic mass is 10.0. The van der Waals surface area contributed by atoms with Gasteiger partial charge in [-0.2, -0.15) is 0 Å². The van der Waals surface area contributed by atoms with Crippen molar-refractivity contribution in [1.29, 1.82) is 0 Å². The van der Waals surface area contributed by atoms with Gasteiger partial charge in [0.15, 0.2) is 0 Å². The van der Waals surface area contributed by atoms with Crippen LogP contribution in [-0.4, -0.2) is 11.5 Å². The van der Waals surface area contributed by atoms with Crippen LogP contribution in [0.5, 0.6) is 0 Å². The highest BCUT2D eigenvalue weighted by molar-refractivity contribution is 5.83. The quantitative estimate of drug-likeness (QED) is 0.258. The number of aromatic nitrogens is 1. The zero-order valence-electron chi connectivity index (χ0n) is 10.1. The largest absolute Gasteiger partial charge is 0.256 e. The van der Waals surface area contributed by atoms with Gasteiger partial charge in [-0.25, -0.2) is 0 Å². The molecule has 0 amide bonds. The Morgan fingerprint density at radius 2 is 2.28 bits per heavy atom. The van der Waals surface area contributed by atoms with Crippen molar-refractivity contribution >= 4 is 10.9 Å². The lowest BCUT2D eigenvalue weighted by Crippen LogP contribution is -1.87. The van der Waals surface area contributed by atoms with E-state index >= 15 is 0 Å². The van der Waals surface area contributed by atoms with Crippen LogP contribution >= 0.6 is 0 Å². The molecule has 1 aromatic carbocycles. The molecule has 0 saturated carbocycles. The molecule has 0 saturated heterocycles. The van der Waals surface area contributed by atoms with Crippen LogP contribution < -0.4 is 0 Å². The van der Waals surface area contributed by atoms with Crippen LogP contribution in [-0.2, 0) is 0 Å². The Morgan fingerprint density at radius 1 is 1.39 bits per heavy atom. The van der Waals surface area contributed by atoms with E-state index in [0.29, 0.717) is 13.0 Å². The molecule has 4 nitrogen and oxygen atoms in total. The van der Waals surface area contributed by atoms with E-state index < -0.39 is 0 Å².